The molecule has 0 aliphatic heterocycles. The Morgan fingerprint density at radius 2 is 1.47 bits per heavy atom. The molecule has 0 atom stereocenters. The van der Waals surface area contributed by atoms with Gasteiger partial charge in [0.2, 0.25) is 0 Å². The third-order valence-electron chi connectivity index (χ3n) is 2.77. The fourth-order valence-corrected chi connectivity index (χ4v) is 1.65. The summed E-state index contributed by atoms with van der Waals surface area (Å²) in [5.41, 5.74) is 2.75. The lowest BCUT2D eigenvalue weighted by Gasteiger charge is -2.02. The summed E-state index contributed by atoms with van der Waals surface area (Å²) >= 11 is 0. The van der Waals surface area contributed by atoms with Gasteiger partial charge in [-0.05, 0) is 18.0 Å². The highest BCUT2D eigenvalue weighted by atomic mass is 16.5. The number of unbranched alkanes of at least 4 members (excludes halogenated alkanes) is 7. The van der Waals surface area contributed by atoms with E-state index in [1.807, 2.05) is 0 Å². The van der Waals surface area contributed by atoms with Crippen molar-refractivity contribution in [1.82, 2.24) is 5.43 Å². The van der Waals surface area contributed by atoms with Crippen molar-refractivity contribution >= 4 is 0 Å². The van der Waals surface area contributed by atoms with Crippen LogP contribution in [0.5, 0.6) is 0 Å². The van der Waals surface area contributed by atoms with E-state index >= 15 is 0 Å². The topological polar surface area (TPSA) is 50.5 Å². The van der Waals surface area contributed by atoms with E-state index in [1.54, 1.807) is 0 Å². The summed E-state index contributed by atoms with van der Waals surface area (Å²) in [6.45, 7) is 5.77. The number of nitrogens with one attached hydrogen (secondary N) is 1. The van der Waals surface area contributed by atoms with Crippen LogP contribution in [0.1, 0.15) is 71.6 Å². The van der Waals surface area contributed by atoms with E-state index in [0.29, 0.717) is 11.5 Å². The van der Waals surface area contributed by atoms with Gasteiger partial charge in [-0.1, -0.05) is 58.8 Å². The van der Waals surface area contributed by atoms with Gasteiger partial charge in [0, 0.05) is 4.97 Å². The number of nitrogens with zero attached hydrogens (tertiary/aromatic N) is 2. The predicted molar refractivity (Wildman–Crippen MR) is 71.8 cm³/mol. The van der Waals surface area contributed by atoms with Crippen LogP contribution in [0, 0.1) is 5.21 Å². The Morgan fingerprint density at radius 3 is 2.12 bits per heavy atom. The van der Waals surface area contributed by atoms with Crippen LogP contribution in [0.4, 0.5) is 0 Å². The minimum absolute atomic E-state index is 0.645. The van der Waals surface area contributed by atoms with Gasteiger partial charge >= 0.3 is 0 Å². The summed E-state index contributed by atoms with van der Waals surface area (Å²) in [5, 5.41) is 15.1. The molecule has 0 radical (unpaired) electrons. The first-order valence-electron chi connectivity index (χ1n) is 7.19. The lowest BCUT2D eigenvalue weighted by molar-refractivity contribution is -0.590. The third kappa shape index (κ3) is 13.1. The van der Waals surface area contributed by atoms with Gasteiger partial charge in [0.15, 0.2) is 0 Å². The fraction of sp³-hybridized carbons (Fsp3) is 1.00. The van der Waals surface area contributed by atoms with Crippen molar-refractivity contribution in [3.05, 3.63) is 5.21 Å². The highest BCUT2D eigenvalue weighted by Gasteiger charge is 1.95. The Hall–Kier alpha value is -0.800. The molecule has 0 aliphatic rings. The maximum Gasteiger partial charge on any atom is 0.106 e. The van der Waals surface area contributed by atoms with E-state index in [9.17, 15) is 5.21 Å². The smallest absolute Gasteiger partial charge is 0.106 e. The van der Waals surface area contributed by atoms with E-state index in [0.717, 1.165) is 19.4 Å². The highest BCUT2D eigenvalue weighted by Crippen LogP contribution is 2.02. The van der Waals surface area contributed by atoms with Crippen LogP contribution in [0.25, 0.3) is 0 Å². The first kappa shape index (κ1) is 16.2. The van der Waals surface area contributed by atoms with Crippen LogP contribution in [0.2, 0.25) is 0 Å². The molecule has 0 unspecified atom stereocenters. The van der Waals surface area contributed by atoms with Crippen molar-refractivity contribution in [3.8, 4) is 0 Å². The minimum Gasteiger partial charge on any atom is -0.572 e. The molecule has 4 nitrogen and oxygen atoms in total. The fourth-order valence-electron chi connectivity index (χ4n) is 1.65. The van der Waals surface area contributed by atoms with Crippen LogP contribution in [0.3, 0.4) is 0 Å². The largest absolute Gasteiger partial charge is 0.572 e. The van der Waals surface area contributed by atoms with Crippen molar-refractivity contribution in [3.63, 3.8) is 0 Å². The Balaban J connectivity index is 3.26. The van der Waals surface area contributed by atoms with Gasteiger partial charge in [-0.25, -0.2) is 0 Å². The average molecular weight is 243 g/mol. The number of hydrogen-bond donors (Lipinski definition) is 1. The van der Waals surface area contributed by atoms with E-state index in [1.165, 1.54) is 44.9 Å². The summed E-state index contributed by atoms with van der Waals surface area (Å²) < 4.78 is 0. The second-order valence-corrected chi connectivity index (χ2v) is 4.52. The van der Waals surface area contributed by atoms with Crippen LogP contribution < -0.4 is 5.43 Å². The molecule has 0 aromatic rings. The first-order valence-corrected chi connectivity index (χ1v) is 7.19. The second kappa shape index (κ2) is 13.3. The van der Waals surface area contributed by atoms with Crippen LogP contribution in [-0.2, 0) is 0 Å². The third-order valence-corrected chi connectivity index (χ3v) is 2.77. The average Bonchev–Trinajstić information content (AvgIpc) is 2.33. The van der Waals surface area contributed by atoms with Gasteiger partial charge < -0.3 is 5.21 Å². The highest BCUT2D eigenvalue weighted by molar-refractivity contribution is 4.43. The van der Waals surface area contributed by atoms with E-state index in [4.69, 9.17) is 0 Å². The molecule has 0 heterocycles. The van der Waals surface area contributed by atoms with Crippen LogP contribution in [0.15, 0.2) is 5.11 Å². The lowest BCUT2D eigenvalue weighted by Crippen LogP contribution is -2.24. The second-order valence-electron chi connectivity index (χ2n) is 4.52. The standard InChI is InChI=1S/C13H29N3O/c1-3-5-7-9-11-13-15-16(17)14-12-10-8-6-4-2/h3-13H2,1-2H3,(H,14,15). The quantitative estimate of drug-likeness (QED) is 0.244. The maximum absolute atomic E-state index is 11.2. The molecule has 0 spiro atoms. The van der Waals surface area contributed by atoms with Crippen molar-refractivity contribution in [2.24, 2.45) is 5.11 Å². The summed E-state index contributed by atoms with van der Waals surface area (Å²) in [5.74, 6) is 0. The van der Waals surface area contributed by atoms with Crippen molar-refractivity contribution in [1.29, 1.82) is 0 Å². The number of hydrogen-bond acceptors (Lipinski definition) is 2. The van der Waals surface area contributed by atoms with Gasteiger partial charge in [0.1, 0.15) is 6.54 Å². The number of rotatable bonds is 12. The summed E-state index contributed by atoms with van der Waals surface area (Å²) in [6.07, 6.45) is 10.7. The molecule has 17 heavy (non-hydrogen) atoms. The molecule has 0 aliphatic carbocycles. The monoisotopic (exact) mass is 243 g/mol. The van der Waals surface area contributed by atoms with E-state index < -0.39 is 0 Å². The molecule has 0 amide bonds. The number of hydrazine groups is 1. The zero-order chi connectivity index (χ0) is 12.8. The van der Waals surface area contributed by atoms with Gasteiger partial charge in [-0.3, -0.25) is 0 Å². The normalized spacial score (nSPS) is 11.8. The van der Waals surface area contributed by atoms with Crippen molar-refractivity contribution in [2.75, 3.05) is 13.1 Å². The zero-order valence-corrected chi connectivity index (χ0v) is 11.6. The first-order chi connectivity index (χ1) is 8.31. The lowest BCUT2D eigenvalue weighted by atomic mass is 10.2. The molecule has 0 aromatic heterocycles. The summed E-state index contributed by atoms with van der Waals surface area (Å²) in [6, 6.07) is 0. The summed E-state index contributed by atoms with van der Waals surface area (Å²) in [4.78, 5) is 0.645. The van der Waals surface area contributed by atoms with Crippen molar-refractivity contribution in [2.45, 2.75) is 71.6 Å². The molecule has 102 valence electrons. The maximum atomic E-state index is 11.2. The molecule has 0 bridgehead atoms. The summed E-state index contributed by atoms with van der Waals surface area (Å²) in [7, 11) is 0. The molecule has 1 N–H and O–H groups in total. The minimum atomic E-state index is 0.645. The SMILES string of the molecule is CCCCCCC/N=[N+](\[O-])NCCCCCC. The molecule has 4 heteroatoms. The Morgan fingerprint density at radius 1 is 0.882 bits per heavy atom. The van der Waals surface area contributed by atoms with Gasteiger partial charge in [-0.2, -0.15) is 5.43 Å². The van der Waals surface area contributed by atoms with Gasteiger partial charge in [0.25, 0.3) is 0 Å². The molecular formula is C13H29N3O. The molecule has 0 rings (SSSR count). The Labute approximate surface area is 106 Å². The molecule has 0 saturated heterocycles. The van der Waals surface area contributed by atoms with Crippen LogP contribution >= 0.6 is 0 Å². The van der Waals surface area contributed by atoms with Gasteiger partial charge in [-0.15, -0.1) is 0 Å². The molecule has 0 aromatic carbocycles. The molecule has 0 fully saturated rings. The Kier molecular flexibility index (Phi) is 12.6. The van der Waals surface area contributed by atoms with E-state index in [2.05, 4.69) is 24.4 Å². The van der Waals surface area contributed by atoms with E-state index in [-0.39, 0.29) is 0 Å². The predicted octanol–water partition coefficient (Wildman–Crippen LogP) is 4.00. The zero-order valence-electron chi connectivity index (χ0n) is 11.6. The van der Waals surface area contributed by atoms with Crippen LogP contribution in [-0.4, -0.2) is 18.1 Å². The Bertz CT molecular complexity index is 184. The molecule has 0 saturated carbocycles. The van der Waals surface area contributed by atoms with Gasteiger partial charge in [0.05, 0.1) is 6.54 Å². The molecular weight excluding hydrogens is 214 g/mol. The van der Waals surface area contributed by atoms with Crippen molar-refractivity contribution < 1.29 is 4.97 Å².